The van der Waals surface area contributed by atoms with E-state index in [0.717, 1.165) is 0 Å². The number of piperidine rings is 1. The molecule has 0 spiro atoms. The summed E-state index contributed by atoms with van der Waals surface area (Å²) in [5.41, 5.74) is -0.0133. The maximum absolute atomic E-state index is 13.9. The highest BCUT2D eigenvalue weighted by atomic mass is 35.5. The first kappa shape index (κ1) is 19.5. The Bertz CT molecular complexity index is 740. The van der Waals surface area contributed by atoms with Crippen molar-refractivity contribution in [3.8, 4) is 0 Å². The summed E-state index contributed by atoms with van der Waals surface area (Å²) in [7, 11) is -3.69. The van der Waals surface area contributed by atoms with Crippen LogP contribution in [0.4, 0.5) is 4.39 Å². The van der Waals surface area contributed by atoms with Crippen molar-refractivity contribution >= 4 is 27.5 Å². The normalized spacial score (nSPS) is 20.3. The van der Waals surface area contributed by atoms with E-state index in [1.54, 1.807) is 4.90 Å². The molecule has 1 aromatic carbocycles. The second kappa shape index (κ2) is 8.21. The summed E-state index contributed by atoms with van der Waals surface area (Å²) in [6.45, 7) is 2.78. The molecular formula is C17H22ClFN2O4S. The zero-order valence-corrected chi connectivity index (χ0v) is 15.9. The quantitative estimate of drug-likeness (QED) is 0.768. The van der Waals surface area contributed by atoms with Crippen molar-refractivity contribution in [3.05, 3.63) is 34.6 Å². The Labute approximate surface area is 157 Å². The predicted molar refractivity (Wildman–Crippen MR) is 95.7 cm³/mol. The van der Waals surface area contributed by atoms with Gasteiger partial charge in [-0.1, -0.05) is 17.7 Å². The molecule has 0 bridgehead atoms. The second-order valence-electron chi connectivity index (χ2n) is 6.57. The van der Waals surface area contributed by atoms with E-state index in [4.69, 9.17) is 16.3 Å². The maximum atomic E-state index is 13.9. The summed E-state index contributed by atoms with van der Waals surface area (Å²) < 4.78 is 45.7. The number of carbonyl (C=O) groups is 1. The molecule has 26 heavy (non-hydrogen) atoms. The van der Waals surface area contributed by atoms with Gasteiger partial charge in [-0.3, -0.25) is 4.79 Å². The molecule has 2 aliphatic rings. The Morgan fingerprint density at radius 3 is 2.46 bits per heavy atom. The van der Waals surface area contributed by atoms with Crippen molar-refractivity contribution in [2.45, 2.75) is 18.6 Å². The van der Waals surface area contributed by atoms with Gasteiger partial charge in [-0.15, -0.1) is 0 Å². The molecule has 0 aliphatic carbocycles. The topological polar surface area (TPSA) is 66.9 Å². The summed E-state index contributed by atoms with van der Waals surface area (Å²) in [5, 5.41) is 0.103. The Morgan fingerprint density at radius 1 is 1.19 bits per heavy atom. The number of sulfonamides is 1. The number of carbonyl (C=O) groups excluding carboxylic acids is 1. The Kier molecular flexibility index (Phi) is 6.17. The van der Waals surface area contributed by atoms with Gasteiger partial charge in [0.25, 0.3) is 0 Å². The van der Waals surface area contributed by atoms with Gasteiger partial charge in [-0.2, -0.15) is 0 Å². The molecule has 1 aromatic rings. The van der Waals surface area contributed by atoms with Crippen molar-refractivity contribution in [3.63, 3.8) is 0 Å². The molecule has 0 radical (unpaired) electrons. The molecule has 0 saturated carbocycles. The number of nitrogens with zero attached hydrogens (tertiary/aromatic N) is 2. The average molecular weight is 405 g/mol. The van der Waals surface area contributed by atoms with Crippen LogP contribution in [0, 0.1) is 11.7 Å². The Morgan fingerprint density at radius 2 is 1.85 bits per heavy atom. The lowest BCUT2D eigenvalue weighted by molar-refractivity contribution is -0.140. The minimum absolute atomic E-state index is 0.0133. The van der Waals surface area contributed by atoms with Gasteiger partial charge < -0.3 is 9.64 Å². The summed E-state index contributed by atoms with van der Waals surface area (Å²) >= 11 is 5.94. The highest BCUT2D eigenvalue weighted by Gasteiger charge is 2.34. The summed E-state index contributed by atoms with van der Waals surface area (Å²) in [6.07, 6.45) is 0.945. The van der Waals surface area contributed by atoms with Crippen LogP contribution >= 0.6 is 11.6 Å². The molecule has 3 rings (SSSR count). The van der Waals surface area contributed by atoms with Crippen LogP contribution in [-0.4, -0.2) is 62.9 Å². The number of halogens is 2. The van der Waals surface area contributed by atoms with E-state index in [-0.39, 0.29) is 35.5 Å². The molecule has 1 amide bonds. The Balaban J connectivity index is 1.60. The molecule has 0 atom stereocenters. The largest absolute Gasteiger partial charge is 0.378 e. The Hall–Kier alpha value is -1.22. The number of hydrogen-bond acceptors (Lipinski definition) is 4. The monoisotopic (exact) mass is 404 g/mol. The van der Waals surface area contributed by atoms with Crippen LogP contribution in [0.2, 0.25) is 5.02 Å². The highest BCUT2D eigenvalue weighted by molar-refractivity contribution is 7.88. The lowest BCUT2D eigenvalue weighted by Gasteiger charge is -2.35. The molecule has 6 nitrogen and oxygen atoms in total. The maximum Gasteiger partial charge on any atom is 0.225 e. The van der Waals surface area contributed by atoms with E-state index in [2.05, 4.69) is 0 Å². The zero-order chi connectivity index (χ0) is 18.7. The molecule has 2 fully saturated rings. The molecule has 144 valence electrons. The molecule has 0 unspecified atom stereocenters. The number of rotatable bonds is 4. The van der Waals surface area contributed by atoms with E-state index in [1.807, 2.05) is 0 Å². The fourth-order valence-corrected chi connectivity index (χ4v) is 5.28. The third-order valence-electron chi connectivity index (χ3n) is 4.91. The van der Waals surface area contributed by atoms with Gasteiger partial charge in [0.05, 0.1) is 19.0 Å². The van der Waals surface area contributed by atoms with E-state index in [1.165, 1.54) is 22.5 Å². The number of benzene rings is 1. The molecule has 9 heteroatoms. The lowest BCUT2D eigenvalue weighted by atomic mass is 9.96. The molecule has 2 heterocycles. The number of hydrogen-bond donors (Lipinski definition) is 0. The van der Waals surface area contributed by atoms with Crippen molar-refractivity contribution in [1.29, 1.82) is 0 Å². The number of ether oxygens (including phenoxy) is 1. The van der Waals surface area contributed by atoms with Crippen LogP contribution in [-0.2, 0) is 25.3 Å². The molecule has 0 N–H and O–H groups in total. The summed E-state index contributed by atoms with van der Waals surface area (Å²) in [4.78, 5) is 14.3. The van der Waals surface area contributed by atoms with Gasteiger partial charge in [0, 0.05) is 42.7 Å². The van der Waals surface area contributed by atoms with Gasteiger partial charge in [0.15, 0.2) is 0 Å². The van der Waals surface area contributed by atoms with E-state index >= 15 is 0 Å². The van der Waals surface area contributed by atoms with Gasteiger partial charge in [-0.05, 0) is 25.0 Å². The van der Waals surface area contributed by atoms with Crippen LogP contribution in [0.3, 0.4) is 0 Å². The number of amides is 1. The van der Waals surface area contributed by atoms with Crippen LogP contribution in [0.25, 0.3) is 0 Å². The first-order chi connectivity index (χ1) is 12.4. The summed E-state index contributed by atoms with van der Waals surface area (Å²) in [5.74, 6) is -1.20. The fourth-order valence-electron chi connectivity index (χ4n) is 3.37. The van der Waals surface area contributed by atoms with Gasteiger partial charge in [0.1, 0.15) is 5.82 Å². The van der Waals surface area contributed by atoms with Crippen molar-refractivity contribution < 1.29 is 22.3 Å². The first-order valence-electron chi connectivity index (χ1n) is 8.66. The summed E-state index contributed by atoms with van der Waals surface area (Å²) in [6, 6.07) is 4.11. The smallest absolute Gasteiger partial charge is 0.225 e. The second-order valence-corrected chi connectivity index (χ2v) is 8.94. The third kappa shape index (κ3) is 4.36. The van der Waals surface area contributed by atoms with Crippen molar-refractivity contribution in [1.82, 2.24) is 9.21 Å². The van der Waals surface area contributed by atoms with Crippen molar-refractivity contribution in [2.75, 3.05) is 39.4 Å². The van der Waals surface area contributed by atoms with E-state index < -0.39 is 21.6 Å². The average Bonchev–Trinajstić information content (AvgIpc) is 2.65. The van der Waals surface area contributed by atoms with Gasteiger partial charge >= 0.3 is 0 Å². The first-order valence-corrected chi connectivity index (χ1v) is 10.6. The highest BCUT2D eigenvalue weighted by Crippen LogP contribution is 2.26. The third-order valence-corrected chi connectivity index (χ3v) is 7.07. The molecule has 0 aromatic heterocycles. The minimum atomic E-state index is -3.69. The molecule has 2 saturated heterocycles. The van der Waals surface area contributed by atoms with Crippen molar-refractivity contribution in [2.24, 2.45) is 5.92 Å². The zero-order valence-electron chi connectivity index (χ0n) is 14.4. The number of morpholine rings is 1. The van der Waals surface area contributed by atoms with Crippen LogP contribution in [0.5, 0.6) is 0 Å². The minimum Gasteiger partial charge on any atom is -0.378 e. The van der Waals surface area contributed by atoms with E-state index in [9.17, 15) is 17.6 Å². The standard InChI is InChI=1S/C17H22ClFN2O4S/c18-15-2-1-3-16(19)14(15)12-26(23,24)21-6-4-13(5-7-21)17(22)20-8-10-25-11-9-20/h1-3,13H,4-12H2. The van der Waals surface area contributed by atoms with Crippen LogP contribution in [0.15, 0.2) is 18.2 Å². The van der Waals surface area contributed by atoms with Crippen LogP contribution < -0.4 is 0 Å². The molecule has 2 aliphatic heterocycles. The lowest BCUT2D eigenvalue weighted by Crippen LogP contribution is -2.47. The van der Waals surface area contributed by atoms with Gasteiger partial charge in [-0.25, -0.2) is 17.1 Å². The molecular weight excluding hydrogens is 383 g/mol. The SMILES string of the molecule is O=C(C1CCN(S(=O)(=O)Cc2c(F)cccc2Cl)CC1)N1CCOCC1. The van der Waals surface area contributed by atoms with Gasteiger partial charge in [0.2, 0.25) is 15.9 Å². The van der Waals surface area contributed by atoms with E-state index in [0.29, 0.717) is 39.1 Å². The van der Waals surface area contributed by atoms with Crippen LogP contribution in [0.1, 0.15) is 18.4 Å². The predicted octanol–water partition coefficient (Wildman–Crippen LogP) is 1.88. The fraction of sp³-hybridized carbons (Fsp3) is 0.588.